The van der Waals surface area contributed by atoms with Gasteiger partial charge in [-0.05, 0) is 45.0 Å². The zero-order chi connectivity index (χ0) is 14.8. The van der Waals surface area contributed by atoms with E-state index in [2.05, 4.69) is 43.0 Å². The maximum Gasteiger partial charge on any atom is 0.119 e. The van der Waals surface area contributed by atoms with Crippen LogP contribution in [0.4, 0.5) is 0 Å². The number of hydrogen-bond acceptors (Lipinski definition) is 2. The lowest BCUT2D eigenvalue weighted by Crippen LogP contribution is -2.35. The molecule has 1 aromatic rings. The second-order valence-corrected chi connectivity index (χ2v) is 5.59. The Morgan fingerprint density at radius 3 is 2.30 bits per heavy atom. The van der Waals surface area contributed by atoms with Crippen LogP contribution in [0.2, 0.25) is 0 Å². The van der Waals surface area contributed by atoms with Gasteiger partial charge in [-0.15, -0.1) is 0 Å². The van der Waals surface area contributed by atoms with Gasteiger partial charge in [-0.1, -0.05) is 44.9 Å². The van der Waals surface area contributed by atoms with E-state index in [9.17, 15) is 0 Å². The van der Waals surface area contributed by atoms with Crippen molar-refractivity contribution in [1.82, 2.24) is 4.90 Å². The van der Waals surface area contributed by atoms with E-state index >= 15 is 0 Å². The average Bonchev–Trinajstić information content (AvgIpc) is 2.50. The largest absolute Gasteiger partial charge is 0.493 e. The predicted octanol–water partition coefficient (Wildman–Crippen LogP) is 4.77. The van der Waals surface area contributed by atoms with E-state index in [1.165, 1.54) is 44.5 Å². The Balaban J connectivity index is 0.00000128. The van der Waals surface area contributed by atoms with Crippen molar-refractivity contribution in [3.8, 4) is 5.75 Å². The molecule has 1 unspecified atom stereocenters. The van der Waals surface area contributed by atoms with Crippen molar-refractivity contribution < 1.29 is 6.16 Å². The maximum absolute atomic E-state index is 5.84. The Labute approximate surface area is 126 Å². The molecule has 1 aliphatic rings. The summed E-state index contributed by atoms with van der Waals surface area (Å²) < 4.78 is 5.84. The van der Waals surface area contributed by atoms with Crippen LogP contribution in [-0.2, 0) is 0 Å². The fourth-order valence-electron chi connectivity index (χ4n) is 2.51. The molecule has 1 fully saturated rings. The minimum atomic E-state index is 0. The van der Waals surface area contributed by atoms with E-state index in [4.69, 9.17) is 4.74 Å². The minimum Gasteiger partial charge on any atom is -0.493 e. The average molecular weight is 279 g/mol. The number of ether oxygens (including phenoxy) is 1. The molecule has 0 amide bonds. The lowest BCUT2D eigenvalue weighted by atomic mass is 10.1. The van der Waals surface area contributed by atoms with E-state index in [1.54, 1.807) is 0 Å². The van der Waals surface area contributed by atoms with E-state index in [1.807, 2.05) is 13.8 Å². The summed E-state index contributed by atoms with van der Waals surface area (Å²) in [7, 11) is 0. The van der Waals surface area contributed by atoms with Crippen molar-refractivity contribution in [2.75, 3.05) is 26.2 Å². The molecule has 2 heteroatoms. The fourth-order valence-corrected chi connectivity index (χ4v) is 2.51. The molecule has 1 aromatic carbocycles. The number of likely N-dealkylation sites (tertiary alicyclic amines) is 1. The Kier molecular flexibility index (Phi) is 8.36. The van der Waals surface area contributed by atoms with Gasteiger partial charge in [-0.25, -0.2) is 0 Å². The topological polar surface area (TPSA) is 12.5 Å². The molecule has 1 heterocycles. The number of aryl methyl sites for hydroxylation is 1. The monoisotopic (exact) mass is 279 g/mol. The summed E-state index contributed by atoms with van der Waals surface area (Å²) in [6, 6.07) is 8.32. The molecule has 0 spiro atoms. The van der Waals surface area contributed by atoms with Gasteiger partial charge in [-0.3, -0.25) is 0 Å². The number of hydrogen-bond donors (Lipinski definition) is 0. The van der Waals surface area contributed by atoms with Crippen molar-refractivity contribution in [1.29, 1.82) is 0 Å². The van der Waals surface area contributed by atoms with E-state index in [0.717, 1.165) is 12.4 Å². The molecule has 1 saturated heterocycles. The molecule has 0 N–H and O–H groups in total. The van der Waals surface area contributed by atoms with Crippen LogP contribution in [0.3, 0.4) is 0 Å². The molecule has 2 rings (SSSR count). The molecule has 20 heavy (non-hydrogen) atoms. The van der Waals surface area contributed by atoms with Crippen LogP contribution in [0.5, 0.6) is 5.75 Å². The number of piperidine rings is 1. The Bertz CT molecular complexity index is 347. The van der Waals surface area contributed by atoms with Crippen LogP contribution < -0.4 is 4.74 Å². The van der Waals surface area contributed by atoms with Crippen LogP contribution in [0, 0.1) is 12.8 Å². The van der Waals surface area contributed by atoms with Gasteiger partial charge in [0.25, 0.3) is 0 Å². The van der Waals surface area contributed by atoms with Crippen molar-refractivity contribution >= 4 is 0 Å². The minimum absolute atomic E-state index is 0. The van der Waals surface area contributed by atoms with Crippen molar-refractivity contribution in [2.45, 2.75) is 47.0 Å². The molecular formula is C18H33NO. The van der Waals surface area contributed by atoms with Gasteiger partial charge in [0.15, 0.2) is 0 Å². The number of rotatable bonds is 5. The Hall–Kier alpha value is -1.02. The van der Waals surface area contributed by atoms with Crippen molar-refractivity contribution in [3.05, 3.63) is 29.8 Å². The van der Waals surface area contributed by atoms with E-state index < -0.39 is 0 Å². The first-order valence-electron chi connectivity index (χ1n) is 8.16. The smallest absolute Gasteiger partial charge is 0.119 e. The van der Waals surface area contributed by atoms with Gasteiger partial charge in [-0.2, -0.15) is 0 Å². The third kappa shape index (κ3) is 6.42. The summed E-state index contributed by atoms with van der Waals surface area (Å²) in [4.78, 5) is 2.58. The van der Waals surface area contributed by atoms with Gasteiger partial charge in [0.1, 0.15) is 5.75 Å². The van der Waals surface area contributed by atoms with Crippen LogP contribution in [-0.4, -0.2) is 31.1 Å². The second kappa shape index (κ2) is 9.82. The van der Waals surface area contributed by atoms with Crippen molar-refractivity contribution in [3.63, 3.8) is 0 Å². The van der Waals surface area contributed by atoms with E-state index in [0.29, 0.717) is 5.92 Å². The van der Waals surface area contributed by atoms with Gasteiger partial charge in [0.2, 0.25) is 0 Å². The molecule has 0 bridgehead atoms. The van der Waals surface area contributed by atoms with Gasteiger partial charge >= 0.3 is 0 Å². The first-order valence-corrected chi connectivity index (χ1v) is 8.16. The molecule has 116 valence electrons. The Morgan fingerprint density at radius 1 is 1.10 bits per heavy atom. The summed E-state index contributed by atoms with van der Waals surface area (Å²) in [5.74, 6) is 1.59. The molecule has 1 atom stereocenters. The number of nitrogens with zero attached hydrogens (tertiary/aromatic N) is 1. The van der Waals surface area contributed by atoms with Crippen LogP contribution in [0.25, 0.3) is 0 Å². The summed E-state index contributed by atoms with van der Waals surface area (Å²) in [5, 5.41) is 0. The van der Waals surface area contributed by atoms with Crippen molar-refractivity contribution in [2.24, 2.45) is 5.92 Å². The molecule has 0 saturated carbocycles. The maximum atomic E-state index is 5.84. The van der Waals surface area contributed by atoms with Gasteiger partial charge in [0, 0.05) is 13.9 Å². The molecule has 0 radical (unpaired) electrons. The summed E-state index contributed by atoms with van der Waals surface area (Å²) in [5.41, 5.74) is 1.28. The van der Waals surface area contributed by atoms with Crippen LogP contribution in [0.15, 0.2) is 24.3 Å². The van der Waals surface area contributed by atoms with Gasteiger partial charge < -0.3 is 9.64 Å². The highest BCUT2D eigenvalue weighted by Crippen LogP contribution is 2.14. The molecule has 0 aromatic heterocycles. The highest BCUT2D eigenvalue weighted by molar-refractivity contribution is 5.26. The van der Waals surface area contributed by atoms with Crippen LogP contribution >= 0.6 is 0 Å². The first kappa shape index (κ1) is 17.0. The highest BCUT2D eigenvalue weighted by atomic mass is 16.5. The van der Waals surface area contributed by atoms with E-state index in [-0.39, 0.29) is 1.43 Å². The third-order valence-electron chi connectivity index (χ3n) is 3.57. The first-order chi connectivity index (χ1) is 9.74. The summed E-state index contributed by atoms with van der Waals surface area (Å²) in [6.07, 6.45) is 4.14. The lowest BCUT2D eigenvalue weighted by molar-refractivity contribution is 0.165. The Morgan fingerprint density at radius 2 is 1.70 bits per heavy atom. The SMILES string of the molecule is CC.Cc1ccc(OCC(C)CN2CCCCC2)cc1.[HH]. The fraction of sp³-hybridized carbons (Fsp3) is 0.667. The molecule has 2 nitrogen and oxygen atoms in total. The quantitative estimate of drug-likeness (QED) is 0.770. The summed E-state index contributed by atoms with van der Waals surface area (Å²) in [6.45, 7) is 12.9. The zero-order valence-electron chi connectivity index (χ0n) is 13.7. The number of benzene rings is 1. The molecular weight excluding hydrogens is 246 g/mol. The zero-order valence-corrected chi connectivity index (χ0v) is 13.7. The van der Waals surface area contributed by atoms with Gasteiger partial charge in [0.05, 0.1) is 6.61 Å². The summed E-state index contributed by atoms with van der Waals surface area (Å²) >= 11 is 0. The predicted molar refractivity (Wildman–Crippen MR) is 89.6 cm³/mol. The highest BCUT2D eigenvalue weighted by Gasteiger charge is 2.13. The standard InChI is InChI=1S/C16H25NO.C2H6.H2/c1-14-6-8-16(9-7-14)18-13-15(2)12-17-10-4-3-5-11-17;1-2;/h6-9,15H,3-5,10-13H2,1-2H3;1-2H3;1H. The molecule has 0 aliphatic carbocycles. The second-order valence-electron chi connectivity index (χ2n) is 5.59. The third-order valence-corrected chi connectivity index (χ3v) is 3.57. The molecule has 1 aliphatic heterocycles. The normalized spacial score (nSPS) is 17.0. The lowest BCUT2D eigenvalue weighted by Gasteiger charge is -2.29. The van der Waals surface area contributed by atoms with Crippen LogP contribution in [0.1, 0.15) is 47.0 Å².